The van der Waals surface area contributed by atoms with Gasteiger partial charge in [-0.05, 0) is 12.8 Å². The number of nitrogens with one attached hydrogen (secondary N) is 1. The number of carbonyl (C=O) groups is 1. The SMILES string of the molecule is CCCCCCCCCCC(C([NH-])=O)C1=CC=CC1.C[SiH]C.[CH3-].[CH3-].[CH3-].[CH3-].[H-].[H-].[Hf]. The van der Waals surface area contributed by atoms with Crippen LogP contribution in [-0.4, -0.2) is 15.4 Å². The molecule has 0 fully saturated rings. The van der Waals surface area contributed by atoms with E-state index in [0.717, 1.165) is 34.4 Å². The first-order valence-electron chi connectivity index (χ1n) is 9.02. The molecule has 27 heavy (non-hydrogen) atoms. The Hall–Kier alpha value is 0.0370. The van der Waals surface area contributed by atoms with Crippen LogP contribution in [0.15, 0.2) is 23.8 Å². The summed E-state index contributed by atoms with van der Waals surface area (Å²) >= 11 is 0. The summed E-state index contributed by atoms with van der Waals surface area (Å²) in [6.07, 6.45) is 18.1. The predicted molar refractivity (Wildman–Crippen MR) is 129 cm³/mol. The molecule has 4 heteroatoms. The molecular formula is C23H49HfNOSi-7. The van der Waals surface area contributed by atoms with Crippen molar-refractivity contribution in [2.45, 2.75) is 84.2 Å². The molecule has 0 saturated carbocycles. The Kier molecular flexibility index (Phi) is 47.2. The molecular weight excluding hydrogens is 513 g/mol. The quantitative estimate of drug-likeness (QED) is 0.142. The standard InChI is InChI=1S/C17H29NO.C2H7Si.4CH3.Hf.2H/c1-2-3-4-5-6-7-8-9-14-16(17(18)19)15-12-10-11-13-15;1-3-2;;;;;;;/h10-12,16H,2-9,13-14H2,1H3,(H2,18,19);3H,1-2H3;4*1H3;;;/q;;4*-1;;2*-1/p-1. The van der Waals surface area contributed by atoms with Crippen molar-refractivity contribution in [1.29, 1.82) is 0 Å². The Balaban J connectivity index is -0.0000000692. The third kappa shape index (κ3) is 24.0. The summed E-state index contributed by atoms with van der Waals surface area (Å²) in [5.41, 5.74) is 8.53. The molecule has 0 aliphatic heterocycles. The zero-order chi connectivity index (χ0) is 16.6. The van der Waals surface area contributed by atoms with Gasteiger partial charge >= 0.3 is 0 Å². The number of hydrogen-bond donors (Lipinski definition) is 0. The van der Waals surface area contributed by atoms with E-state index in [4.69, 9.17) is 5.73 Å². The van der Waals surface area contributed by atoms with Crippen molar-refractivity contribution in [2.24, 2.45) is 5.92 Å². The monoisotopic (exact) mass is 563 g/mol. The van der Waals surface area contributed by atoms with E-state index in [9.17, 15) is 4.79 Å². The van der Waals surface area contributed by atoms with Crippen LogP contribution in [0.25, 0.3) is 5.73 Å². The summed E-state index contributed by atoms with van der Waals surface area (Å²) < 4.78 is 0. The van der Waals surface area contributed by atoms with Crippen molar-refractivity contribution in [2.75, 3.05) is 0 Å². The number of amides is 1. The smallest absolute Gasteiger partial charge is 0.0560 e. The van der Waals surface area contributed by atoms with E-state index in [1.54, 1.807) is 0 Å². The van der Waals surface area contributed by atoms with Crippen molar-refractivity contribution in [3.05, 3.63) is 59.2 Å². The predicted octanol–water partition coefficient (Wildman–Crippen LogP) is 8.14. The zero-order valence-electron chi connectivity index (χ0n) is 21.4. The Morgan fingerprint density at radius 3 is 1.85 bits per heavy atom. The molecule has 0 aromatic rings. The van der Waals surface area contributed by atoms with E-state index in [2.05, 4.69) is 26.1 Å². The summed E-state index contributed by atoms with van der Waals surface area (Å²) in [6, 6.07) is 0. The molecule has 0 bridgehead atoms. The van der Waals surface area contributed by atoms with Gasteiger partial charge in [0.1, 0.15) is 0 Å². The fourth-order valence-electron chi connectivity index (χ4n) is 2.69. The second-order valence-electron chi connectivity index (χ2n) is 6.13. The van der Waals surface area contributed by atoms with E-state index in [0.29, 0.717) is 0 Å². The van der Waals surface area contributed by atoms with Crippen LogP contribution >= 0.6 is 0 Å². The zero-order valence-corrected chi connectivity index (χ0v) is 24.1. The van der Waals surface area contributed by atoms with E-state index >= 15 is 0 Å². The van der Waals surface area contributed by atoms with Crippen LogP contribution in [0.4, 0.5) is 0 Å². The van der Waals surface area contributed by atoms with Crippen molar-refractivity contribution >= 4 is 15.4 Å². The number of unbranched alkanes of at least 4 members (excludes halogenated alkanes) is 7. The molecule has 1 N–H and O–H groups in total. The van der Waals surface area contributed by atoms with Gasteiger partial charge in [-0.2, -0.15) is 0 Å². The van der Waals surface area contributed by atoms with Crippen LogP contribution in [0.1, 0.15) is 74.0 Å². The van der Waals surface area contributed by atoms with E-state index in [1.165, 1.54) is 44.9 Å². The molecule has 1 amide bonds. The van der Waals surface area contributed by atoms with Gasteiger partial charge < -0.3 is 43.1 Å². The largest absolute Gasteiger partial charge is 1.00 e. The molecule has 0 saturated heterocycles. The molecule has 1 atom stereocenters. The van der Waals surface area contributed by atoms with E-state index in [-0.39, 0.29) is 64.3 Å². The van der Waals surface area contributed by atoms with Gasteiger partial charge in [-0.1, -0.05) is 95.2 Å². The summed E-state index contributed by atoms with van der Waals surface area (Å²) in [5.74, 6) is -0.548. The van der Waals surface area contributed by atoms with Gasteiger partial charge in [0.05, 0.1) is 5.91 Å². The first-order chi connectivity index (χ1) is 10.7. The summed E-state index contributed by atoms with van der Waals surface area (Å²) in [6.45, 7) is 6.66. The normalized spacial score (nSPS) is 11.6. The van der Waals surface area contributed by atoms with Gasteiger partial charge in [0, 0.05) is 41.3 Å². The Bertz CT molecular complexity index is 354. The Morgan fingerprint density at radius 2 is 1.48 bits per heavy atom. The Morgan fingerprint density at radius 1 is 1.04 bits per heavy atom. The topological polar surface area (TPSA) is 40.9 Å². The van der Waals surface area contributed by atoms with Crippen molar-refractivity contribution in [3.8, 4) is 0 Å². The summed E-state index contributed by atoms with van der Waals surface area (Å²) in [4.78, 5) is 11.4. The Labute approximate surface area is 197 Å². The number of rotatable bonds is 11. The van der Waals surface area contributed by atoms with Crippen LogP contribution in [0.5, 0.6) is 0 Å². The van der Waals surface area contributed by atoms with Crippen molar-refractivity contribution in [3.63, 3.8) is 0 Å². The van der Waals surface area contributed by atoms with Crippen molar-refractivity contribution in [1.82, 2.24) is 0 Å². The van der Waals surface area contributed by atoms with Crippen LogP contribution in [0.2, 0.25) is 13.1 Å². The van der Waals surface area contributed by atoms with Gasteiger partial charge in [0.15, 0.2) is 0 Å². The minimum absolute atomic E-state index is 0. The van der Waals surface area contributed by atoms with Gasteiger partial charge in [0.25, 0.3) is 0 Å². The molecule has 1 aliphatic rings. The molecule has 0 spiro atoms. The van der Waals surface area contributed by atoms with Crippen LogP contribution < -0.4 is 0 Å². The minimum Gasteiger partial charge on any atom is -1.00 e. The number of carbonyl (C=O) groups excluding carboxylic acids is 1. The molecule has 1 radical (unpaired) electrons. The molecule has 2 nitrogen and oxygen atoms in total. The number of hydrogen-bond acceptors (Lipinski definition) is 1. The second kappa shape index (κ2) is 30.8. The molecule has 1 rings (SSSR count). The molecule has 167 valence electrons. The van der Waals surface area contributed by atoms with Crippen LogP contribution in [0, 0.1) is 35.6 Å². The maximum absolute atomic E-state index is 11.4. The second-order valence-corrected chi connectivity index (χ2v) is 7.29. The minimum atomic E-state index is -0.405. The van der Waals surface area contributed by atoms with Crippen LogP contribution in [-0.2, 0) is 30.6 Å². The summed E-state index contributed by atoms with van der Waals surface area (Å²) in [5, 5.41) is 0. The molecule has 1 unspecified atom stereocenters. The van der Waals surface area contributed by atoms with E-state index in [1.807, 2.05) is 12.2 Å². The van der Waals surface area contributed by atoms with Crippen LogP contribution in [0.3, 0.4) is 0 Å². The maximum Gasteiger partial charge on any atom is 0.0560 e. The average molecular weight is 562 g/mol. The third-order valence-electron chi connectivity index (χ3n) is 3.91. The van der Waals surface area contributed by atoms with Gasteiger partial charge in [-0.3, -0.25) is 0 Å². The van der Waals surface area contributed by atoms with Gasteiger partial charge in [-0.25, -0.2) is 0 Å². The molecule has 0 heterocycles. The maximum atomic E-state index is 11.4. The fourth-order valence-corrected chi connectivity index (χ4v) is 2.69. The first-order valence-corrected chi connectivity index (χ1v) is 11.3. The van der Waals surface area contributed by atoms with Gasteiger partial charge in [0.2, 0.25) is 0 Å². The first kappa shape index (κ1) is 41.4. The van der Waals surface area contributed by atoms with Crippen molar-refractivity contribution < 1.29 is 33.5 Å². The third-order valence-corrected chi connectivity index (χ3v) is 3.91. The molecule has 1 aliphatic carbocycles. The van der Waals surface area contributed by atoms with Gasteiger partial charge in [-0.15, -0.1) is 0 Å². The molecule has 0 aromatic carbocycles. The number of allylic oxidation sites excluding steroid dienone is 3. The van der Waals surface area contributed by atoms with E-state index < -0.39 is 5.91 Å². The molecule has 0 aromatic heterocycles. The fraction of sp³-hybridized carbons (Fsp3) is 0.609. The summed E-state index contributed by atoms with van der Waals surface area (Å²) in [7, 11) is 0.750. The average Bonchev–Trinajstić information content (AvgIpc) is 3.00.